The summed E-state index contributed by atoms with van der Waals surface area (Å²) in [7, 11) is -5.56. The number of amides is 2. The molecule has 0 bridgehead atoms. The fourth-order valence-corrected chi connectivity index (χ4v) is 6.57. The molecule has 2 aliphatic rings. The Balaban J connectivity index is 1.36. The number of hydrogen-bond donors (Lipinski definition) is 1. The highest BCUT2D eigenvalue weighted by molar-refractivity contribution is 7.92. The lowest BCUT2D eigenvalue weighted by molar-refractivity contribution is -0.0436. The number of pyridine rings is 1. The van der Waals surface area contributed by atoms with Crippen molar-refractivity contribution in [1.29, 1.82) is 0 Å². The molecule has 2 amide bonds. The lowest BCUT2D eigenvalue weighted by Crippen LogP contribution is -2.47. The first-order chi connectivity index (χ1) is 19.9. The Morgan fingerprint density at radius 1 is 1.05 bits per heavy atom. The maximum Gasteiger partial charge on any atom is 0.501 e. The second-order valence-electron chi connectivity index (χ2n) is 10.4. The van der Waals surface area contributed by atoms with Gasteiger partial charge >= 0.3 is 11.5 Å². The van der Waals surface area contributed by atoms with Crippen LogP contribution in [0.5, 0.6) is 0 Å². The van der Waals surface area contributed by atoms with Crippen molar-refractivity contribution in [2.45, 2.75) is 35.2 Å². The molecule has 5 rings (SSSR count). The molecule has 0 atom stereocenters. The molecular formula is C29H27Cl2F3N4O3S. The molecule has 7 nitrogen and oxygen atoms in total. The number of benzene rings is 2. The number of aromatic nitrogens is 1. The topological polar surface area (TPSA) is 82.6 Å². The third kappa shape index (κ3) is 6.29. The quantitative estimate of drug-likeness (QED) is 0.313. The highest BCUT2D eigenvalue weighted by Crippen LogP contribution is 2.48. The minimum atomic E-state index is -5.56. The zero-order valence-electron chi connectivity index (χ0n) is 22.2. The van der Waals surface area contributed by atoms with Gasteiger partial charge in [0.25, 0.3) is 9.84 Å². The van der Waals surface area contributed by atoms with Crippen LogP contribution in [0.2, 0.25) is 10.2 Å². The second kappa shape index (κ2) is 11.9. The predicted octanol–water partition coefficient (Wildman–Crippen LogP) is 6.46. The molecule has 0 radical (unpaired) electrons. The van der Waals surface area contributed by atoms with E-state index in [0.29, 0.717) is 48.7 Å². The van der Waals surface area contributed by atoms with E-state index < -0.39 is 31.7 Å². The Labute approximate surface area is 251 Å². The lowest BCUT2D eigenvalue weighted by Gasteiger charge is -2.39. The number of hydrogen-bond acceptors (Lipinski definition) is 5. The number of sulfone groups is 1. The summed E-state index contributed by atoms with van der Waals surface area (Å²) in [5.41, 5.74) is -3.56. The number of carbonyl (C=O) groups is 1. The molecule has 13 heteroatoms. The largest absolute Gasteiger partial charge is 0.501 e. The van der Waals surface area contributed by atoms with Crippen molar-refractivity contribution in [2.75, 3.05) is 31.1 Å². The SMILES string of the molecule is O=C(NCc1ccnc(Cl)c1)N1CC2(CCN(C/C=C/c3ccc(Cl)cc3)CC2)c2cc(S(=O)(=O)C(F)(F)F)ccc21. The number of piperidine rings is 1. The summed E-state index contributed by atoms with van der Waals surface area (Å²) in [6.07, 6.45) is 6.61. The number of urea groups is 1. The summed E-state index contributed by atoms with van der Waals surface area (Å²) in [5, 5.41) is 3.76. The van der Waals surface area contributed by atoms with E-state index in [1.54, 1.807) is 12.1 Å². The molecule has 1 fully saturated rings. The molecule has 1 spiro atoms. The minimum absolute atomic E-state index is 0.161. The molecule has 3 aromatic rings. The summed E-state index contributed by atoms with van der Waals surface area (Å²) < 4.78 is 64.8. The molecular weight excluding hydrogens is 612 g/mol. The average molecular weight is 640 g/mol. The van der Waals surface area contributed by atoms with Gasteiger partial charge in [0, 0.05) is 42.0 Å². The van der Waals surface area contributed by atoms with E-state index in [9.17, 15) is 26.4 Å². The van der Waals surface area contributed by atoms with Gasteiger partial charge in [0.15, 0.2) is 0 Å². The van der Waals surface area contributed by atoms with E-state index in [-0.39, 0.29) is 18.2 Å². The summed E-state index contributed by atoms with van der Waals surface area (Å²) in [5.74, 6) is 0. The van der Waals surface area contributed by atoms with Crippen LogP contribution in [-0.2, 0) is 21.8 Å². The van der Waals surface area contributed by atoms with Crippen molar-refractivity contribution in [3.05, 3.63) is 93.7 Å². The van der Waals surface area contributed by atoms with Crippen molar-refractivity contribution in [2.24, 2.45) is 0 Å². The minimum Gasteiger partial charge on any atom is -0.334 e. The van der Waals surface area contributed by atoms with Crippen molar-refractivity contribution >= 4 is 50.8 Å². The lowest BCUT2D eigenvalue weighted by atomic mass is 9.74. The van der Waals surface area contributed by atoms with Gasteiger partial charge < -0.3 is 5.32 Å². The van der Waals surface area contributed by atoms with Gasteiger partial charge in [-0.2, -0.15) is 13.2 Å². The number of rotatable bonds is 6. The average Bonchev–Trinajstić information content (AvgIpc) is 3.26. The van der Waals surface area contributed by atoms with Gasteiger partial charge in [0.05, 0.1) is 4.90 Å². The molecule has 2 aliphatic heterocycles. The second-order valence-corrected chi connectivity index (χ2v) is 13.2. The highest BCUT2D eigenvalue weighted by atomic mass is 35.5. The summed E-state index contributed by atoms with van der Waals surface area (Å²) in [4.78, 5) is 20.1. The van der Waals surface area contributed by atoms with Gasteiger partial charge in [-0.1, -0.05) is 47.5 Å². The Hall–Kier alpha value is -3.12. The molecule has 2 aromatic carbocycles. The monoisotopic (exact) mass is 638 g/mol. The molecule has 0 saturated carbocycles. The number of carbonyl (C=O) groups excluding carboxylic acids is 1. The van der Waals surface area contributed by atoms with Crippen molar-refractivity contribution < 1.29 is 26.4 Å². The van der Waals surface area contributed by atoms with Crippen LogP contribution in [0.4, 0.5) is 23.7 Å². The normalized spacial score (nSPS) is 17.1. The zero-order chi connectivity index (χ0) is 30.1. The number of nitrogens with one attached hydrogen (secondary N) is 1. The Morgan fingerprint density at radius 3 is 2.43 bits per heavy atom. The molecule has 3 heterocycles. The first kappa shape index (κ1) is 30.3. The molecule has 1 aromatic heterocycles. The van der Waals surface area contributed by atoms with Crippen molar-refractivity contribution in [1.82, 2.24) is 15.2 Å². The van der Waals surface area contributed by atoms with Gasteiger partial charge in [-0.3, -0.25) is 9.80 Å². The van der Waals surface area contributed by atoms with Crippen molar-refractivity contribution in [3.63, 3.8) is 0 Å². The van der Waals surface area contributed by atoms with Crippen LogP contribution in [0.3, 0.4) is 0 Å². The molecule has 1 N–H and O–H groups in total. The number of alkyl halides is 3. The van der Waals surface area contributed by atoms with E-state index in [1.165, 1.54) is 17.2 Å². The Kier molecular flexibility index (Phi) is 8.58. The van der Waals surface area contributed by atoms with Crippen LogP contribution in [-0.4, -0.2) is 56.0 Å². The number of nitrogens with zero attached hydrogens (tertiary/aromatic N) is 3. The van der Waals surface area contributed by atoms with Crippen LogP contribution >= 0.6 is 23.2 Å². The van der Waals surface area contributed by atoms with E-state index in [2.05, 4.69) is 15.2 Å². The van der Waals surface area contributed by atoms with Crippen LogP contribution < -0.4 is 10.2 Å². The molecule has 42 heavy (non-hydrogen) atoms. The van der Waals surface area contributed by atoms with Crippen LogP contribution in [0, 0.1) is 0 Å². The number of fused-ring (bicyclic) bond motifs is 2. The Bertz CT molecular complexity index is 1610. The van der Waals surface area contributed by atoms with Crippen LogP contribution in [0.15, 0.2) is 71.8 Å². The molecule has 1 saturated heterocycles. The van der Waals surface area contributed by atoms with Crippen LogP contribution in [0.25, 0.3) is 6.08 Å². The maximum atomic E-state index is 13.4. The van der Waals surface area contributed by atoms with Gasteiger partial charge in [-0.05, 0) is 85.1 Å². The number of likely N-dealkylation sites (tertiary alicyclic amines) is 1. The van der Waals surface area contributed by atoms with E-state index >= 15 is 0 Å². The van der Waals surface area contributed by atoms with Crippen molar-refractivity contribution in [3.8, 4) is 0 Å². The third-order valence-electron chi connectivity index (χ3n) is 7.74. The predicted molar refractivity (Wildman–Crippen MR) is 156 cm³/mol. The summed E-state index contributed by atoms with van der Waals surface area (Å²) in [6, 6.07) is 13.6. The maximum absolute atomic E-state index is 13.4. The Morgan fingerprint density at radius 2 is 1.76 bits per heavy atom. The van der Waals surface area contributed by atoms with E-state index in [4.69, 9.17) is 23.2 Å². The number of halogens is 5. The molecule has 0 aliphatic carbocycles. The van der Waals surface area contributed by atoms with Gasteiger partial charge in [-0.15, -0.1) is 0 Å². The van der Waals surface area contributed by atoms with Gasteiger partial charge in [-0.25, -0.2) is 18.2 Å². The fourth-order valence-electron chi connectivity index (χ4n) is 5.46. The number of anilines is 1. The van der Waals surface area contributed by atoms with E-state index in [0.717, 1.165) is 23.3 Å². The molecule has 0 unspecified atom stereocenters. The van der Waals surface area contributed by atoms with E-state index in [1.807, 2.05) is 36.4 Å². The smallest absolute Gasteiger partial charge is 0.334 e. The zero-order valence-corrected chi connectivity index (χ0v) is 24.6. The fraction of sp³-hybridized carbons (Fsp3) is 0.310. The van der Waals surface area contributed by atoms with Crippen LogP contribution in [0.1, 0.15) is 29.5 Å². The standard InChI is InChI=1S/C29H27Cl2F3N4O3S/c30-22-5-3-20(4-6-22)2-1-13-37-14-10-28(11-15-37)19-38(27(39)36-18-21-9-12-35-26(31)16-21)25-8-7-23(17-24(25)28)42(40,41)29(32,33)34/h1-9,12,16-17H,10-11,13-15,18-19H2,(H,36,39)/b2-1+. The van der Waals surface area contributed by atoms with Gasteiger partial charge in [0.1, 0.15) is 5.15 Å². The van der Waals surface area contributed by atoms with Gasteiger partial charge in [0.2, 0.25) is 0 Å². The summed E-state index contributed by atoms with van der Waals surface area (Å²) >= 11 is 11.9. The first-order valence-corrected chi connectivity index (χ1v) is 15.4. The highest BCUT2D eigenvalue weighted by Gasteiger charge is 2.50. The summed E-state index contributed by atoms with van der Waals surface area (Å²) in [6.45, 7) is 2.27. The molecule has 222 valence electrons. The third-order valence-corrected chi connectivity index (χ3v) is 9.69. The first-order valence-electron chi connectivity index (χ1n) is 13.1.